The summed E-state index contributed by atoms with van der Waals surface area (Å²) in [6.45, 7) is 6.05. The van der Waals surface area contributed by atoms with Gasteiger partial charge in [0, 0.05) is 81.7 Å². The lowest BCUT2D eigenvalue weighted by Crippen LogP contribution is -2.41. The Bertz CT molecular complexity index is 2770. The Hall–Kier alpha value is -6.34. The Labute approximate surface area is 421 Å². The molecular formula is C51H62ClF3N10O7. The molecule has 1 fully saturated rings. The Balaban J connectivity index is 0.742. The molecule has 0 atom stereocenters. The number of likely N-dealkylation sites (tertiary alicyclic amines) is 1. The SMILES string of the molecule is CNC(=O)c1ccc(NCC#Cc2cc3c(NC4CCN(CCOCCOCCOCCNC(=O)CN5CCc6c(cccc6Nc6cnn(C)c(=O)c6Cl)C5)CC4)cccc3n2CC(F)(F)F)c(OC)c1. The molecule has 0 spiro atoms. The van der Waals surface area contributed by atoms with Crippen LogP contribution in [-0.4, -0.2) is 148 Å². The van der Waals surface area contributed by atoms with Gasteiger partial charge in [-0.15, -0.1) is 0 Å². The highest BCUT2D eigenvalue weighted by atomic mass is 35.5. The number of carbonyl (C=O) groups is 2. The number of piperidine rings is 1. The number of anilines is 4. The predicted octanol–water partition coefficient (Wildman–Crippen LogP) is 5.63. The van der Waals surface area contributed by atoms with Crippen LogP contribution in [0.25, 0.3) is 10.9 Å². The predicted molar refractivity (Wildman–Crippen MR) is 271 cm³/mol. The lowest BCUT2D eigenvalue weighted by Gasteiger charge is -2.32. The largest absolute Gasteiger partial charge is 0.495 e. The third-order valence-electron chi connectivity index (χ3n) is 12.4. The summed E-state index contributed by atoms with van der Waals surface area (Å²) in [6, 6.07) is 18.0. The van der Waals surface area contributed by atoms with E-state index in [1.807, 2.05) is 24.3 Å². The summed E-state index contributed by atoms with van der Waals surface area (Å²) in [6.07, 6.45) is -0.464. The molecule has 0 unspecified atom stereocenters. The zero-order valence-corrected chi connectivity index (χ0v) is 41.5. The number of nitrogens with one attached hydrogen (secondary N) is 5. The zero-order valence-electron chi connectivity index (χ0n) is 40.8. The number of aromatic nitrogens is 3. The van der Waals surface area contributed by atoms with E-state index < -0.39 is 12.7 Å². The van der Waals surface area contributed by atoms with Crippen molar-refractivity contribution in [2.45, 2.75) is 44.6 Å². The van der Waals surface area contributed by atoms with Crippen molar-refractivity contribution in [3.05, 3.63) is 105 Å². The van der Waals surface area contributed by atoms with Crippen molar-refractivity contribution in [2.24, 2.45) is 7.05 Å². The smallest absolute Gasteiger partial charge is 0.406 e. The van der Waals surface area contributed by atoms with Crippen LogP contribution < -0.4 is 36.9 Å². The van der Waals surface area contributed by atoms with Crippen molar-refractivity contribution in [2.75, 3.05) is 116 Å². The van der Waals surface area contributed by atoms with Crippen LogP contribution in [0, 0.1) is 11.8 Å². The number of fused-ring (bicyclic) bond motifs is 2. The molecule has 2 aliphatic rings. The van der Waals surface area contributed by atoms with Crippen LogP contribution in [0.15, 0.2) is 71.7 Å². The fourth-order valence-corrected chi connectivity index (χ4v) is 8.92. The maximum absolute atomic E-state index is 13.8. The lowest BCUT2D eigenvalue weighted by atomic mass is 9.97. The second-order valence-corrected chi connectivity index (χ2v) is 17.8. The molecular weight excluding hydrogens is 957 g/mol. The highest BCUT2D eigenvalue weighted by molar-refractivity contribution is 6.33. The lowest BCUT2D eigenvalue weighted by molar-refractivity contribution is -0.140. The molecule has 2 aromatic heterocycles. The average Bonchev–Trinajstić information content (AvgIpc) is 3.71. The van der Waals surface area contributed by atoms with Gasteiger partial charge in [0.1, 0.15) is 17.3 Å². The van der Waals surface area contributed by atoms with Gasteiger partial charge in [0.25, 0.3) is 11.5 Å². The van der Waals surface area contributed by atoms with Crippen LogP contribution in [0.4, 0.5) is 35.9 Å². The van der Waals surface area contributed by atoms with E-state index in [9.17, 15) is 27.6 Å². The number of carbonyl (C=O) groups excluding carboxylic acids is 2. The highest BCUT2D eigenvalue weighted by Crippen LogP contribution is 2.33. The highest BCUT2D eigenvalue weighted by Gasteiger charge is 2.30. The Morgan fingerprint density at radius 2 is 1.62 bits per heavy atom. The van der Waals surface area contributed by atoms with Gasteiger partial charge in [0.2, 0.25) is 5.91 Å². The number of halogens is 4. The first-order valence-corrected chi connectivity index (χ1v) is 24.3. The van der Waals surface area contributed by atoms with E-state index in [1.54, 1.807) is 43.4 Å². The Morgan fingerprint density at radius 1 is 0.889 bits per heavy atom. The molecule has 21 heteroatoms. The van der Waals surface area contributed by atoms with Gasteiger partial charge in [-0.25, -0.2) is 4.68 Å². The molecule has 386 valence electrons. The summed E-state index contributed by atoms with van der Waals surface area (Å²) in [5.74, 6) is 6.00. The number of rotatable bonds is 23. The minimum absolute atomic E-state index is 0.0748. The summed E-state index contributed by atoms with van der Waals surface area (Å²) in [4.78, 5) is 41.4. The summed E-state index contributed by atoms with van der Waals surface area (Å²) in [7, 11) is 4.57. The van der Waals surface area contributed by atoms with Crippen LogP contribution in [0.2, 0.25) is 5.02 Å². The summed E-state index contributed by atoms with van der Waals surface area (Å²) < 4.78 is 66.4. The zero-order chi connectivity index (χ0) is 51.0. The van der Waals surface area contributed by atoms with Crippen molar-refractivity contribution in [3.8, 4) is 17.6 Å². The number of methoxy groups -OCH3 is 1. The molecule has 0 bridgehead atoms. The number of aryl methyl sites for hydroxylation is 1. The van der Waals surface area contributed by atoms with E-state index in [0.29, 0.717) is 92.9 Å². The van der Waals surface area contributed by atoms with E-state index in [0.717, 1.165) is 61.4 Å². The number of ether oxygens (including phenoxy) is 4. The van der Waals surface area contributed by atoms with E-state index >= 15 is 0 Å². The summed E-state index contributed by atoms with van der Waals surface area (Å²) >= 11 is 6.27. The minimum atomic E-state index is -4.45. The van der Waals surface area contributed by atoms with Gasteiger partial charge in [-0.2, -0.15) is 18.3 Å². The van der Waals surface area contributed by atoms with Gasteiger partial charge < -0.3 is 55.0 Å². The molecule has 2 amide bonds. The van der Waals surface area contributed by atoms with E-state index in [1.165, 1.54) is 29.6 Å². The molecule has 2 aliphatic heterocycles. The molecule has 4 heterocycles. The first-order chi connectivity index (χ1) is 34.8. The van der Waals surface area contributed by atoms with Crippen LogP contribution in [0.1, 0.15) is 40.0 Å². The second-order valence-electron chi connectivity index (χ2n) is 17.4. The van der Waals surface area contributed by atoms with Crippen LogP contribution in [0.3, 0.4) is 0 Å². The van der Waals surface area contributed by atoms with Crippen LogP contribution in [0.5, 0.6) is 5.75 Å². The topological polar surface area (TPSA) is 178 Å². The molecule has 3 aromatic carbocycles. The molecule has 5 N–H and O–H groups in total. The number of hydrogen-bond acceptors (Lipinski definition) is 13. The second kappa shape index (κ2) is 25.9. The Kier molecular flexibility index (Phi) is 19.2. The van der Waals surface area contributed by atoms with Crippen molar-refractivity contribution < 1.29 is 41.7 Å². The molecule has 0 aliphatic carbocycles. The van der Waals surface area contributed by atoms with E-state index in [4.69, 9.17) is 30.5 Å². The standard InChI is InChI=1S/C51H62ClF3N10O7/c1-56-49(67)35-12-13-43(46(29-35)69-3)57-17-6-8-38-30-40-42(10-5-11-45(40)65(38)34-51(53,54)55)60-37-14-19-63(20-15-37)22-24-71-26-28-72-27-25-70-23-18-58-47(66)33-64-21-16-39-36(32-64)7-4-9-41(39)61-44-31-59-62(2)50(68)48(44)52/h4-5,7,9-13,29-31,37,57,60-61H,14-28,32-34H2,1-3H3,(H,56,67)(H,58,66). The van der Waals surface area contributed by atoms with Gasteiger partial charge in [-0.05, 0) is 78.8 Å². The quantitative estimate of drug-likeness (QED) is 0.0403. The fourth-order valence-electron chi connectivity index (χ4n) is 8.70. The van der Waals surface area contributed by atoms with Gasteiger partial charge in [0.15, 0.2) is 0 Å². The number of hydrogen-bond donors (Lipinski definition) is 5. The molecule has 0 saturated carbocycles. The number of amides is 2. The molecule has 17 nitrogen and oxygen atoms in total. The van der Waals surface area contributed by atoms with E-state index in [-0.39, 0.29) is 47.2 Å². The van der Waals surface area contributed by atoms with Gasteiger partial charge in [0.05, 0.1) is 88.6 Å². The van der Waals surface area contributed by atoms with Crippen LogP contribution >= 0.6 is 11.6 Å². The molecule has 1 saturated heterocycles. The van der Waals surface area contributed by atoms with E-state index in [2.05, 4.69) is 53.3 Å². The number of alkyl halides is 3. The third kappa shape index (κ3) is 14.9. The molecule has 72 heavy (non-hydrogen) atoms. The number of benzene rings is 3. The maximum atomic E-state index is 13.8. The van der Waals surface area contributed by atoms with Crippen molar-refractivity contribution in [3.63, 3.8) is 0 Å². The number of nitrogens with zero attached hydrogens (tertiary/aromatic N) is 5. The monoisotopic (exact) mass is 1020 g/mol. The van der Waals surface area contributed by atoms with Crippen molar-refractivity contribution in [1.82, 2.24) is 34.8 Å². The fraction of sp³-hybridized carbons (Fsp3) is 0.451. The van der Waals surface area contributed by atoms with Crippen molar-refractivity contribution >= 4 is 57.1 Å². The van der Waals surface area contributed by atoms with Gasteiger partial charge >= 0.3 is 6.18 Å². The normalized spacial score (nSPS) is 14.3. The van der Waals surface area contributed by atoms with Gasteiger partial charge in [-0.3, -0.25) is 19.3 Å². The molecule has 7 rings (SSSR count). The Morgan fingerprint density at radius 3 is 2.38 bits per heavy atom. The molecule has 5 aromatic rings. The van der Waals surface area contributed by atoms with Crippen LogP contribution in [-0.2, 0) is 45.6 Å². The third-order valence-corrected chi connectivity index (χ3v) is 12.8. The molecule has 0 radical (unpaired) electrons. The maximum Gasteiger partial charge on any atom is 0.406 e. The van der Waals surface area contributed by atoms with Crippen molar-refractivity contribution in [1.29, 1.82) is 0 Å². The average molecular weight is 1020 g/mol. The first kappa shape index (κ1) is 53.5. The summed E-state index contributed by atoms with van der Waals surface area (Å²) in [5.41, 5.74) is 5.64. The first-order valence-electron chi connectivity index (χ1n) is 23.9. The van der Waals surface area contributed by atoms with Gasteiger partial charge in [-0.1, -0.05) is 35.7 Å². The summed E-state index contributed by atoms with van der Waals surface area (Å²) in [5, 5.41) is 20.3. The minimum Gasteiger partial charge on any atom is -0.495 e.